The molecule has 0 bridgehead atoms. The van der Waals surface area contributed by atoms with Crippen molar-refractivity contribution in [1.82, 2.24) is 5.32 Å². The Balaban J connectivity index is 2.31. The zero-order valence-electron chi connectivity index (χ0n) is 34.3. The summed E-state index contributed by atoms with van der Waals surface area (Å²) in [6.07, 6.45) is 32.2. The highest BCUT2D eigenvalue weighted by Crippen LogP contribution is 2.23. The van der Waals surface area contributed by atoms with E-state index in [2.05, 4.69) is 31.3 Å². The summed E-state index contributed by atoms with van der Waals surface area (Å²) in [6, 6.07) is -0.715. The van der Waals surface area contributed by atoms with E-state index < -0.39 is 49.5 Å². The fraction of sp³-hybridized carbons (Fsp3) is 0.932. The summed E-state index contributed by atoms with van der Waals surface area (Å²) >= 11 is 0. The lowest BCUT2D eigenvalue weighted by atomic mass is 9.99. The van der Waals surface area contributed by atoms with E-state index in [9.17, 15) is 30.3 Å². The van der Waals surface area contributed by atoms with Gasteiger partial charge in [0.2, 0.25) is 5.91 Å². The third-order valence-electron chi connectivity index (χ3n) is 10.9. The molecule has 1 aliphatic heterocycles. The number of amides is 1. The minimum Gasteiger partial charge on any atom is -0.394 e. The molecule has 1 aliphatic rings. The molecule has 0 aromatic heterocycles. The van der Waals surface area contributed by atoms with E-state index in [1.807, 2.05) is 0 Å². The maximum atomic E-state index is 12.9. The Morgan fingerprint density at radius 2 is 1.06 bits per heavy atom. The number of aliphatic hydroxyl groups is 5. The molecule has 1 heterocycles. The molecule has 314 valence electrons. The van der Waals surface area contributed by atoms with Crippen molar-refractivity contribution in [3.63, 3.8) is 0 Å². The number of rotatable bonds is 37. The van der Waals surface area contributed by atoms with Crippen molar-refractivity contribution < 1.29 is 39.8 Å². The van der Waals surface area contributed by atoms with Crippen LogP contribution < -0.4 is 5.32 Å². The lowest BCUT2D eigenvalue weighted by Crippen LogP contribution is -2.60. The van der Waals surface area contributed by atoms with Crippen LogP contribution in [-0.2, 0) is 14.3 Å². The van der Waals surface area contributed by atoms with Crippen LogP contribution in [0.15, 0.2) is 12.2 Å². The average molecular weight is 756 g/mol. The van der Waals surface area contributed by atoms with Gasteiger partial charge in [-0.3, -0.25) is 4.79 Å². The molecule has 1 rings (SSSR count). The molecular formula is C44H85NO8. The van der Waals surface area contributed by atoms with Gasteiger partial charge in [-0.15, -0.1) is 0 Å². The van der Waals surface area contributed by atoms with Crippen molar-refractivity contribution >= 4 is 5.91 Å². The van der Waals surface area contributed by atoms with Gasteiger partial charge in [0, 0.05) is 6.42 Å². The number of ether oxygens (including phenoxy) is 2. The van der Waals surface area contributed by atoms with E-state index in [4.69, 9.17) is 9.47 Å². The summed E-state index contributed by atoms with van der Waals surface area (Å²) in [4.78, 5) is 12.9. The van der Waals surface area contributed by atoms with Crippen molar-refractivity contribution in [1.29, 1.82) is 0 Å². The fourth-order valence-electron chi connectivity index (χ4n) is 7.21. The van der Waals surface area contributed by atoms with Crippen molar-refractivity contribution in [3.05, 3.63) is 12.2 Å². The minimum atomic E-state index is -1.55. The first-order valence-electron chi connectivity index (χ1n) is 22.4. The summed E-state index contributed by atoms with van der Waals surface area (Å²) < 4.78 is 11.2. The van der Waals surface area contributed by atoms with Crippen molar-refractivity contribution in [2.24, 2.45) is 0 Å². The second-order valence-corrected chi connectivity index (χ2v) is 15.8. The molecule has 0 aromatic rings. The number of carbonyl (C=O) groups is 1. The number of nitrogens with one attached hydrogen (secondary N) is 1. The van der Waals surface area contributed by atoms with Crippen LogP contribution in [0.2, 0.25) is 0 Å². The van der Waals surface area contributed by atoms with Crippen LogP contribution in [0.1, 0.15) is 206 Å². The average Bonchev–Trinajstić information content (AvgIpc) is 3.16. The van der Waals surface area contributed by atoms with E-state index in [1.54, 1.807) is 0 Å². The molecule has 9 nitrogen and oxygen atoms in total. The van der Waals surface area contributed by atoms with Gasteiger partial charge in [0.15, 0.2) is 6.29 Å². The molecule has 1 saturated heterocycles. The summed E-state index contributed by atoms with van der Waals surface area (Å²) in [5.74, 6) is -0.149. The van der Waals surface area contributed by atoms with E-state index >= 15 is 0 Å². The zero-order valence-corrected chi connectivity index (χ0v) is 34.3. The quantitative estimate of drug-likeness (QED) is 0.0272. The third-order valence-corrected chi connectivity index (χ3v) is 10.9. The summed E-state index contributed by atoms with van der Waals surface area (Å²) in [5, 5.41) is 54.2. The molecule has 0 radical (unpaired) electrons. The summed E-state index contributed by atoms with van der Waals surface area (Å²) in [7, 11) is 0. The molecule has 0 aromatic carbocycles. The van der Waals surface area contributed by atoms with Crippen LogP contribution in [0.5, 0.6) is 0 Å². The van der Waals surface area contributed by atoms with Gasteiger partial charge in [-0.2, -0.15) is 0 Å². The molecule has 1 fully saturated rings. The van der Waals surface area contributed by atoms with Gasteiger partial charge < -0.3 is 40.3 Å². The van der Waals surface area contributed by atoms with Gasteiger partial charge in [-0.05, 0) is 38.5 Å². The second-order valence-electron chi connectivity index (χ2n) is 15.8. The van der Waals surface area contributed by atoms with E-state index in [0.717, 1.165) is 38.5 Å². The Bertz CT molecular complexity index is 842. The third kappa shape index (κ3) is 26.4. The van der Waals surface area contributed by atoms with Crippen molar-refractivity contribution in [3.8, 4) is 0 Å². The Morgan fingerprint density at radius 1 is 0.623 bits per heavy atom. The molecule has 7 atom stereocenters. The molecule has 53 heavy (non-hydrogen) atoms. The number of aliphatic hydroxyl groups excluding tert-OH is 5. The van der Waals surface area contributed by atoms with Crippen LogP contribution in [-0.4, -0.2) is 87.5 Å². The summed E-state index contributed by atoms with van der Waals surface area (Å²) in [5.41, 5.74) is 0. The number of unbranched alkanes of at least 4 members (excludes halogenated alkanes) is 25. The van der Waals surface area contributed by atoms with Gasteiger partial charge >= 0.3 is 0 Å². The second kappa shape index (κ2) is 35.4. The highest BCUT2D eigenvalue weighted by Gasteiger charge is 2.44. The Morgan fingerprint density at radius 3 is 1.53 bits per heavy atom. The van der Waals surface area contributed by atoms with E-state index in [0.29, 0.717) is 12.8 Å². The van der Waals surface area contributed by atoms with Gasteiger partial charge in [-0.1, -0.05) is 174 Å². The minimum absolute atomic E-state index is 0.137. The number of hydrogen-bond donors (Lipinski definition) is 6. The Kier molecular flexibility index (Phi) is 33.3. The van der Waals surface area contributed by atoms with Gasteiger partial charge in [0.25, 0.3) is 0 Å². The number of allylic oxidation sites excluding steroid dienone is 2. The smallest absolute Gasteiger partial charge is 0.220 e. The topological polar surface area (TPSA) is 149 Å². The molecule has 7 unspecified atom stereocenters. The van der Waals surface area contributed by atoms with Crippen molar-refractivity contribution in [2.75, 3.05) is 13.2 Å². The largest absolute Gasteiger partial charge is 0.394 e. The highest BCUT2D eigenvalue weighted by molar-refractivity contribution is 5.76. The first kappa shape index (κ1) is 49.9. The fourth-order valence-corrected chi connectivity index (χ4v) is 7.21. The zero-order chi connectivity index (χ0) is 38.8. The normalized spacial score (nSPS) is 21.7. The van der Waals surface area contributed by atoms with Crippen LogP contribution in [0.4, 0.5) is 0 Å². The Hall–Kier alpha value is -1.07. The SMILES string of the molecule is CCCCCCCCCC/C=C\CCCCCCCCCC(=O)NC(COC1OC(CO)C(O)C(O)C1O)C(O)CCCCCCCCCCCCC. The van der Waals surface area contributed by atoms with Crippen LogP contribution >= 0.6 is 0 Å². The highest BCUT2D eigenvalue weighted by atomic mass is 16.7. The van der Waals surface area contributed by atoms with Crippen LogP contribution in [0, 0.1) is 0 Å². The standard InChI is InChI=1S/C44H85NO8/c1-3-5-7-9-11-13-15-16-17-18-19-20-21-22-24-26-28-30-32-34-40(48)45-37(36-52-44-43(51)42(50)41(49)39(35-46)53-44)38(47)33-31-29-27-25-23-14-12-10-8-6-4-2/h18-19,37-39,41-44,46-47,49-51H,3-17,20-36H2,1-2H3,(H,45,48)/b19-18-. The van der Waals surface area contributed by atoms with E-state index in [-0.39, 0.29) is 12.5 Å². The summed E-state index contributed by atoms with van der Waals surface area (Å²) in [6.45, 7) is 3.82. The molecular weight excluding hydrogens is 670 g/mol. The van der Waals surface area contributed by atoms with Gasteiger partial charge in [0.05, 0.1) is 25.4 Å². The first-order chi connectivity index (χ1) is 25.8. The maximum absolute atomic E-state index is 12.9. The molecule has 9 heteroatoms. The van der Waals surface area contributed by atoms with Crippen LogP contribution in [0.25, 0.3) is 0 Å². The predicted molar refractivity (Wildman–Crippen MR) is 217 cm³/mol. The molecule has 1 amide bonds. The van der Waals surface area contributed by atoms with Crippen molar-refractivity contribution in [2.45, 2.75) is 249 Å². The van der Waals surface area contributed by atoms with Crippen LogP contribution in [0.3, 0.4) is 0 Å². The number of hydrogen-bond acceptors (Lipinski definition) is 8. The molecule has 0 aliphatic carbocycles. The lowest BCUT2D eigenvalue weighted by Gasteiger charge is -2.40. The van der Waals surface area contributed by atoms with E-state index in [1.165, 1.54) is 141 Å². The van der Waals surface area contributed by atoms with Gasteiger partial charge in [-0.25, -0.2) is 0 Å². The molecule has 6 N–H and O–H groups in total. The monoisotopic (exact) mass is 756 g/mol. The predicted octanol–water partition coefficient (Wildman–Crippen LogP) is 8.95. The number of carbonyl (C=O) groups excluding carboxylic acids is 1. The first-order valence-corrected chi connectivity index (χ1v) is 22.4. The molecule has 0 spiro atoms. The maximum Gasteiger partial charge on any atom is 0.220 e. The lowest BCUT2D eigenvalue weighted by molar-refractivity contribution is -0.302. The Labute approximate surface area is 325 Å². The molecule has 0 saturated carbocycles. The van der Waals surface area contributed by atoms with Gasteiger partial charge in [0.1, 0.15) is 24.4 Å².